The number of pyridine rings is 1. The Morgan fingerprint density at radius 3 is 2.69 bits per heavy atom. The number of carbonyl (C=O) groups excluding carboxylic acids is 1. The molecule has 0 fully saturated rings. The molecular weight excluding hydrogens is 324 g/mol. The van der Waals surface area contributed by atoms with Gasteiger partial charge in [-0.05, 0) is 29.3 Å². The molecule has 2 aromatic carbocycles. The van der Waals surface area contributed by atoms with Gasteiger partial charge in [0.15, 0.2) is 0 Å². The Bertz CT molecular complexity index is 1030. The molecule has 1 amide bonds. The van der Waals surface area contributed by atoms with Gasteiger partial charge in [0.05, 0.1) is 17.5 Å². The van der Waals surface area contributed by atoms with Crippen LogP contribution in [0, 0.1) is 0 Å². The number of amides is 1. The molecule has 26 heavy (non-hydrogen) atoms. The molecule has 0 aliphatic rings. The van der Waals surface area contributed by atoms with Crippen molar-refractivity contribution < 1.29 is 4.79 Å². The van der Waals surface area contributed by atoms with E-state index in [9.17, 15) is 4.79 Å². The van der Waals surface area contributed by atoms with E-state index in [1.807, 2.05) is 60.7 Å². The summed E-state index contributed by atoms with van der Waals surface area (Å²) in [6, 6.07) is 19.7. The highest BCUT2D eigenvalue weighted by Gasteiger charge is 2.08. The third-order valence-corrected chi connectivity index (χ3v) is 4.17. The van der Waals surface area contributed by atoms with Crippen molar-refractivity contribution in [2.45, 2.75) is 13.0 Å². The van der Waals surface area contributed by atoms with Gasteiger partial charge in [0.2, 0.25) is 5.91 Å². The van der Waals surface area contributed by atoms with Gasteiger partial charge >= 0.3 is 0 Å². The van der Waals surface area contributed by atoms with E-state index in [0.29, 0.717) is 13.0 Å². The predicted molar refractivity (Wildman–Crippen MR) is 101 cm³/mol. The van der Waals surface area contributed by atoms with E-state index in [4.69, 9.17) is 0 Å². The topological polar surface area (TPSA) is 70.7 Å². The second-order valence-electron chi connectivity index (χ2n) is 6.12. The minimum absolute atomic E-state index is 0.0176. The molecule has 128 valence electrons. The smallest absolute Gasteiger partial charge is 0.224 e. The number of rotatable bonds is 5. The van der Waals surface area contributed by atoms with Crippen LogP contribution < -0.4 is 5.32 Å². The number of H-pyrrole nitrogens is 1. The molecule has 0 radical (unpaired) electrons. The number of hydrogen-bond donors (Lipinski definition) is 2. The number of nitrogens with one attached hydrogen (secondary N) is 2. The van der Waals surface area contributed by atoms with E-state index in [-0.39, 0.29) is 5.91 Å². The summed E-state index contributed by atoms with van der Waals surface area (Å²) in [6.45, 7) is 0.483. The van der Waals surface area contributed by atoms with Crippen molar-refractivity contribution in [3.05, 3.63) is 84.2 Å². The summed E-state index contributed by atoms with van der Waals surface area (Å²) in [5, 5.41) is 2.92. The molecule has 4 rings (SSSR count). The molecular formula is C21H18N4O. The number of benzene rings is 2. The van der Waals surface area contributed by atoms with Crippen molar-refractivity contribution in [3.63, 3.8) is 0 Å². The Morgan fingerprint density at radius 1 is 1.00 bits per heavy atom. The summed E-state index contributed by atoms with van der Waals surface area (Å²) >= 11 is 0. The number of fused-ring (bicyclic) bond motifs is 1. The van der Waals surface area contributed by atoms with E-state index in [1.54, 1.807) is 12.4 Å². The van der Waals surface area contributed by atoms with Crippen LogP contribution in [0.5, 0.6) is 0 Å². The minimum Gasteiger partial charge on any atom is -0.352 e. The van der Waals surface area contributed by atoms with Crippen molar-refractivity contribution in [2.75, 3.05) is 0 Å². The van der Waals surface area contributed by atoms with E-state index < -0.39 is 0 Å². The molecule has 5 nitrogen and oxygen atoms in total. The first kappa shape index (κ1) is 16.0. The Morgan fingerprint density at radius 2 is 1.88 bits per heavy atom. The van der Waals surface area contributed by atoms with E-state index >= 15 is 0 Å². The number of aromatic nitrogens is 3. The van der Waals surface area contributed by atoms with Gasteiger partial charge < -0.3 is 10.3 Å². The van der Waals surface area contributed by atoms with Crippen LogP contribution in [0.3, 0.4) is 0 Å². The monoisotopic (exact) mass is 342 g/mol. The van der Waals surface area contributed by atoms with Crippen LogP contribution in [-0.4, -0.2) is 20.9 Å². The number of nitrogens with zero attached hydrogens (tertiary/aromatic N) is 2. The molecule has 0 spiro atoms. The minimum atomic E-state index is -0.0176. The highest BCUT2D eigenvalue weighted by atomic mass is 16.1. The SMILES string of the molecule is O=C(Cc1ccc2nc(-c3ccccc3)[nH]c2c1)NCc1cccnc1. The molecule has 0 saturated carbocycles. The summed E-state index contributed by atoms with van der Waals surface area (Å²) in [5.41, 5.74) is 4.80. The van der Waals surface area contributed by atoms with Crippen molar-refractivity contribution >= 4 is 16.9 Å². The van der Waals surface area contributed by atoms with Gasteiger partial charge in [-0.1, -0.05) is 42.5 Å². The normalized spacial score (nSPS) is 10.8. The molecule has 0 atom stereocenters. The lowest BCUT2D eigenvalue weighted by Gasteiger charge is -2.05. The van der Waals surface area contributed by atoms with Crippen molar-refractivity contribution in [2.24, 2.45) is 0 Å². The van der Waals surface area contributed by atoms with Crippen molar-refractivity contribution in [1.82, 2.24) is 20.3 Å². The second kappa shape index (κ2) is 7.19. The molecule has 0 aliphatic heterocycles. The molecule has 0 unspecified atom stereocenters. The first-order valence-corrected chi connectivity index (χ1v) is 8.47. The first-order valence-electron chi connectivity index (χ1n) is 8.47. The van der Waals surface area contributed by atoms with Crippen molar-refractivity contribution in [1.29, 1.82) is 0 Å². The van der Waals surface area contributed by atoms with Crippen LogP contribution in [0.1, 0.15) is 11.1 Å². The third kappa shape index (κ3) is 3.62. The molecule has 5 heteroatoms. The maximum atomic E-state index is 12.2. The second-order valence-corrected chi connectivity index (χ2v) is 6.12. The van der Waals surface area contributed by atoms with Gasteiger partial charge in [0.25, 0.3) is 0 Å². The summed E-state index contributed by atoms with van der Waals surface area (Å²) in [5.74, 6) is 0.815. The van der Waals surface area contributed by atoms with Crippen LogP contribution in [0.2, 0.25) is 0 Å². The summed E-state index contributed by atoms with van der Waals surface area (Å²) in [6.07, 6.45) is 3.80. The lowest BCUT2D eigenvalue weighted by Crippen LogP contribution is -2.24. The van der Waals surface area contributed by atoms with Gasteiger partial charge in [-0.25, -0.2) is 4.98 Å². The lowest BCUT2D eigenvalue weighted by molar-refractivity contribution is -0.120. The van der Waals surface area contributed by atoms with Crippen LogP contribution in [-0.2, 0) is 17.8 Å². The number of imidazole rings is 1. The van der Waals surface area contributed by atoms with Crippen LogP contribution in [0.25, 0.3) is 22.4 Å². The fourth-order valence-electron chi connectivity index (χ4n) is 2.85. The molecule has 0 bridgehead atoms. The van der Waals surface area contributed by atoms with Gasteiger partial charge in [0, 0.05) is 24.5 Å². The standard InChI is InChI=1S/C21H18N4O/c26-20(23-14-16-5-4-10-22-13-16)12-15-8-9-18-19(11-15)25-21(24-18)17-6-2-1-3-7-17/h1-11,13H,12,14H2,(H,23,26)(H,24,25). The Labute approximate surface area is 151 Å². The average molecular weight is 342 g/mol. The van der Waals surface area contributed by atoms with Gasteiger partial charge in [-0.2, -0.15) is 0 Å². The van der Waals surface area contributed by atoms with Crippen LogP contribution in [0.15, 0.2) is 73.1 Å². The quantitative estimate of drug-likeness (QED) is 0.583. The lowest BCUT2D eigenvalue weighted by atomic mass is 10.1. The molecule has 0 saturated heterocycles. The highest BCUT2D eigenvalue weighted by molar-refractivity contribution is 5.83. The number of carbonyl (C=O) groups is 1. The maximum Gasteiger partial charge on any atom is 0.224 e. The first-order chi connectivity index (χ1) is 12.8. The Kier molecular flexibility index (Phi) is 4.43. The van der Waals surface area contributed by atoms with E-state index in [2.05, 4.69) is 20.3 Å². The fourth-order valence-corrected chi connectivity index (χ4v) is 2.85. The van der Waals surface area contributed by atoms with E-state index in [0.717, 1.165) is 33.5 Å². The van der Waals surface area contributed by atoms with Crippen molar-refractivity contribution in [3.8, 4) is 11.4 Å². The maximum absolute atomic E-state index is 12.2. The molecule has 2 heterocycles. The summed E-state index contributed by atoms with van der Waals surface area (Å²) in [4.78, 5) is 24.2. The number of hydrogen-bond acceptors (Lipinski definition) is 3. The zero-order valence-corrected chi connectivity index (χ0v) is 14.1. The summed E-state index contributed by atoms with van der Waals surface area (Å²) in [7, 11) is 0. The highest BCUT2D eigenvalue weighted by Crippen LogP contribution is 2.21. The van der Waals surface area contributed by atoms with Gasteiger partial charge in [0.1, 0.15) is 5.82 Å². The Hall–Kier alpha value is -3.47. The van der Waals surface area contributed by atoms with Gasteiger partial charge in [-0.15, -0.1) is 0 Å². The summed E-state index contributed by atoms with van der Waals surface area (Å²) < 4.78 is 0. The predicted octanol–water partition coefficient (Wildman–Crippen LogP) is 3.48. The fraction of sp³-hybridized carbons (Fsp3) is 0.0952. The van der Waals surface area contributed by atoms with Crippen LogP contribution in [0.4, 0.5) is 0 Å². The zero-order valence-electron chi connectivity index (χ0n) is 14.1. The molecule has 4 aromatic rings. The molecule has 2 aromatic heterocycles. The molecule has 2 N–H and O–H groups in total. The van der Waals surface area contributed by atoms with E-state index in [1.165, 1.54) is 0 Å². The largest absolute Gasteiger partial charge is 0.352 e. The zero-order chi connectivity index (χ0) is 17.8. The molecule has 0 aliphatic carbocycles. The average Bonchev–Trinajstić information content (AvgIpc) is 3.11. The van der Waals surface area contributed by atoms with Gasteiger partial charge in [-0.3, -0.25) is 9.78 Å². The Balaban J connectivity index is 1.46. The third-order valence-electron chi connectivity index (χ3n) is 4.17. The van der Waals surface area contributed by atoms with Crippen LogP contribution >= 0.6 is 0 Å². The number of aromatic amines is 1.